The summed E-state index contributed by atoms with van der Waals surface area (Å²) in [5.74, 6) is -0.0994. The van der Waals surface area contributed by atoms with Gasteiger partial charge in [-0.3, -0.25) is 4.79 Å². The van der Waals surface area contributed by atoms with E-state index in [9.17, 15) is 4.79 Å². The van der Waals surface area contributed by atoms with Gasteiger partial charge < -0.3 is 5.32 Å². The quantitative estimate of drug-likeness (QED) is 0.809. The Bertz CT molecular complexity index is 590. The predicted molar refractivity (Wildman–Crippen MR) is 82.2 cm³/mol. The van der Waals surface area contributed by atoms with E-state index in [4.69, 9.17) is 0 Å². The molecule has 0 unspecified atom stereocenters. The van der Waals surface area contributed by atoms with Crippen molar-refractivity contribution in [3.05, 3.63) is 59.2 Å². The van der Waals surface area contributed by atoms with E-state index in [0.717, 1.165) is 22.6 Å². The summed E-state index contributed by atoms with van der Waals surface area (Å²) in [5, 5.41) is 2.90. The lowest BCUT2D eigenvalue weighted by molar-refractivity contribution is 0.102. The fourth-order valence-electron chi connectivity index (χ4n) is 1.88. The maximum Gasteiger partial charge on any atom is 0.255 e. The molecule has 0 aliphatic rings. The predicted octanol–water partition coefficient (Wildman–Crippen LogP) is 4.10. The number of carbonyl (C=O) groups is 1. The zero-order chi connectivity index (χ0) is 13.8. The van der Waals surface area contributed by atoms with Crippen LogP contribution in [0.2, 0.25) is 0 Å². The summed E-state index contributed by atoms with van der Waals surface area (Å²) in [6.07, 6.45) is 0.995. The Morgan fingerprint density at radius 1 is 1.16 bits per heavy atom. The van der Waals surface area contributed by atoms with Crippen LogP contribution in [-0.4, -0.2) is 5.91 Å². The second-order valence-electron chi connectivity index (χ2n) is 4.50. The fourth-order valence-corrected chi connectivity index (χ4v) is 2.08. The summed E-state index contributed by atoms with van der Waals surface area (Å²) in [6, 6.07) is 13.5. The highest BCUT2D eigenvalue weighted by Crippen LogP contribution is 2.17. The number of hydrogen-bond donors (Lipinski definition) is 2. The van der Waals surface area contributed by atoms with Gasteiger partial charge in [-0.1, -0.05) is 25.1 Å². The number of anilines is 1. The Hall–Kier alpha value is -1.74. The van der Waals surface area contributed by atoms with Gasteiger partial charge >= 0.3 is 0 Å². The standard InChI is InChI=1S/C16H17NOS/c1-3-12-5-7-13(8-6-12)17-16(18)15-10-14(19)9-4-11(15)2/h4-10,19H,3H2,1-2H3,(H,17,18). The normalized spacial score (nSPS) is 10.3. The number of thiol groups is 1. The number of aryl methyl sites for hydroxylation is 2. The Kier molecular flexibility index (Phi) is 4.27. The molecule has 2 aromatic carbocycles. The summed E-state index contributed by atoms with van der Waals surface area (Å²) in [5.41, 5.74) is 3.67. The maximum atomic E-state index is 12.2. The molecule has 2 rings (SSSR count). The van der Waals surface area contributed by atoms with Crippen molar-refractivity contribution in [2.24, 2.45) is 0 Å². The largest absolute Gasteiger partial charge is 0.322 e. The second-order valence-corrected chi connectivity index (χ2v) is 5.02. The van der Waals surface area contributed by atoms with E-state index in [0.29, 0.717) is 5.56 Å². The van der Waals surface area contributed by atoms with Crippen molar-refractivity contribution in [2.75, 3.05) is 5.32 Å². The Balaban J connectivity index is 2.18. The van der Waals surface area contributed by atoms with Crippen LogP contribution in [0.4, 0.5) is 5.69 Å². The molecule has 0 aliphatic heterocycles. The smallest absolute Gasteiger partial charge is 0.255 e. The van der Waals surface area contributed by atoms with Gasteiger partial charge in [0, 0.05) is 16.1 Å². The summed E-state index contributed by atoms with van der Waals surface area (Å²) in [7, 11) is 0. The molecule has 19 heavy (non-hydrogen) atoms. The van der Waals surface area contributed by atoms with Crippen LogP contribution in [0.25, 0.3) is 0 Å². The lowest BCUT2D eigenvalue weighted by Crippen LogP contribution is -2.13. The molecule has 1 amide bonds. The van der Waals surface area contributed by atoms with Gasteiger partial charge in [-0.05, 0) is 48.7 Å². The zero-order valence-electron chi connectivity index (χ0n) is 11.1. The third kappa shape index (κ3) is 3.38. The van der Waals surface area contributed by atoms with Crippen LogP contribution in [0.5, 0.6) is 0 Å². The molecular formula is C16H17NOS. The van der Waals surface area contributed by atoms with Crippen LogP contribution in [0, 0.1) is 6.92 Å². The van der Waals surface area contributed by atoms with Crippen LogP contribution in [0.15, 0.2) is 47.4 Å². The topological polar surface area (TPSA) is 29.1 Å². The number of amides is 1. The van der Waals surface area contributed by atoms with Crippen LogP contribution < -0.4 is 5.32 Å². The molecule has 3 heteroatoms. The van der Waals surface area contributed by atoms with Gasteiger partial charge in [0.05, 0.1) is 0 Å². The van der Waals surface area contributed by atoms with Crippen LogP contribution in [0.1, 0.15) is 28.4 Å². The van der Waals surface area contributed by atoms with Gasteiger partial charge in [0.25, 0.3) is 5.91 Å². The first-order valence-corrected chi connectivity index (χ1v) is 6.75. The first-order chi connectivity index (χ1) is 9.10. The molecule has 0 atom stereocenters. The van der Waals surface area contributed by atoms with Crippen LogP contribution >= 0.6 is 12.6 Å². The van der Waals surface area contributed by atoms with E-state index in [1.165, 1.54) is 5.56 Å². The Labute approximate surface area is 119 Å². The van der Waals surface area contributed by atoms with Crippen molar-refractivity contribution >= 4 is 24.2 Å². The third-order valence-electron chi connectivity index (χ3n) is 3.09. The molecule has 0 heterocycles. The van der Waals surface area contributed by atoms with Crippen molar-refractivity contribution in [1.29, 1.82) is 0 Å². The van der Waals surface area contributed by atoms with Crippen LogP contribution in [-0.2, 0) is 6.42 Å². The lowest BCUT2D eigenvalue weighted by atomic mass is 10.1. The summed E-state index contributed by atoms with van der Waals surface area (Å²) in [6.45, 7) is 4.03. The number of hydrogen-bond acceptors (Lipinski definition) is 2. The third-order valence-corrected chi connectivity index (χ3v) is 3.36. The second kappa shape index (κ2) is 5.93. The average molecular weight is 271 g/mol. The zero-order valence-corrected chi connectivity index (χ0v) is 12.0. The minimum atomic E-state index is -0.0994. The van der Waals surface area contributed by atoms with Crippen molar-refractivity contribution in [3.63, 3.8) is 0 Å². The first-order valence-electron chi connectivity index (χ1n) is 6.30. The first kappa shape index (κ1) is 13.7. The summed E-state index contributed by atoms with van der Waals surface area (Å²) < 4.78 is 0. The van der Waals surface area contributed by atoms with E-state index >= 15 is 0 Å². The number of nitrogens with one attached hydrogen (secondary N) is 1. The van der Waals surface area contributed by atoms with Gasteiger partial charge in [-0.25, -0.2) is 0 Å². The molecule has 0 bridgehead atoms. The molecule has 1 N–H and O–H groups in total. The lowest BCUT2D eigenvalue weighted by Gasteiger charge is -2.09. The molecule has 0 saturated carbocycles. The van der Waals surface area contributed by atoms with Gasteiger partial charge in [0.1, 0.15) is 0 Å². The van der Waals surface area contributed by atoms with Crippen molar-refractivity contribution < 1.29 is 4.79 Å². The Morgan fingerprint density at radius 2 is 1.84 bits per heavy atom. The molecular weight excluding hydrogens is 254 g/mol. The molecule has 0 radical (unpaired) electrons. The molecule has 0 spiro atoms. The van der Waals surface area contributed by atoms with E-state index in [-0.39, 0.29) is 5.91 Å². The average Bonchev–Trinajstić information content (AvgIpc) is 2.42. The molecule has 0 aromatic heterocycles. The number of rotatable bonds is 3. The SMILES string of the molecule is CCc1ccc(NC(=O)c2cc(S)ccc2C)cc1. The number of carbonyl (C=O) groups excluding carboxylic acids is 1. The molecule has 0 aliphatic carbocycles. The van der Waals surface area contributed by atoms with Crippen molar-refractivity contribution in [1.82, 2.24) is 0 Å². The highest BCUT2D eigenvalue weighted by molar-refractivity contribution is 7.80. The molecule has 2 nitrogen and oxygen atoms in total. The van der Waals surface area contributed by atoms with E-state index in [1.54, 1.807) is 6.07 Å². The van der Waals surface area contributed by atoms with E-state index in [1.807, 2.05) is 43.3 Å². The monoisotopic (exact) mass is 271 g/mol. The molecule has 0 fully saturated rings. The Morgan fingerprint density at radius 3 is 2.47 bits per heavy atom. The minimum Gasteiger partial charge on any atom is -0.322 e. The van der Waals surface area contributed by atoms with Gasteiger partial charge in [0.2, 0.25) is 0 Å². The van der Waals surface area contributed by atoms with Crippen molar-refractivity contribution in [3.8, 4) is 0 Å². The van der Waals surface area contributed by atoms with E-state index < -0.39 is 0 Å². The highest BCUT2D eigenvalue weighted by Gasteiger charge is 2.09. The van der Waals surface area contributed by atoms with Gasteiger partial charge in [0.15, 0.2) is 0 Å². The van der Waals surface area contributed by atoms with Crippen molar-refractivity contribution in [2.45, 2.75) is 25.2 Å². The highest BCUT2D eigenvalue weighted by atomic mass is 32.1. The summed E-state index contributed by atoms with van der Waals surface area (Å²) in [4.78, 5) is 13.0. The molecule has 98 valence electrons. The molecule has 2 aromatic rings. The van der Waals surface area contributed by atoms with Gasteiger partial charge in [-0.2, -0.15) is 0 Å². The fraction of sp³-hybridized carbons (Fsp3) is 0.188. The van der Waals surface area contributed by atoms with Crippen LogP contribution in [0.3, 0.4) is 0 Å². The van der Waals surface area contributed by atoms with E-state index in [2.05, 4.69) is 24.9 Å². The van der Waals surface area contributed by atoms with Gasteiger partial charge in [-0.15, -0.1) is 12.6 Å². The number of benzene rings is 2. The molecule has 0 saturated heterocycles. The maximum absolute atomic E-state index is 12.2. The summed E-state index contributed by atoms with van der Waals surface area (Å²) >= 11 is 4.27. The minimum absolute atomic E-state index is 0.0994.